The molecule has 4 heterocycles. The van der Waals surface area contributed by atoms with E-state index in [1.807, 2.05) is 89.8 Å². The van der Waals surface area contributed by atoms with Gasteiger partial charge in [-0.1, -0.05) is 96.8 Å². The average Bonchev–Trinajstić information content (AvgIpc) is 3.82. The minimum absolute atomic E-state index is 0.0106. The van der Waals surface area contributed by atoms with Crippen molar-refractivity contribution >= 4 is 29.6 Å². The number of fused-ring (bicyclic) bond motifs is 3. The van der Waals surface area contributed by atoms with E-state index in [0.29, 0.717) is 34.4 Å². The molecule has 0 radical (unpaired) electrons. The number of morpholine rings is 1. The number of hydrogen-bond donors (Lipinski definition) is 2. The maximum Gasteiger partial charge on any atom is 0.421 e. The van der Waals surface area contributed by atoms with Crippen molar-refractivity contribution in [2.45, 2.75) is 61.7 Å². The number of aliphatic hydroxyl groups excluding tert-OH is 1. The van der Waals surface area contributed by atoms with Gasteiger partial charge in [0, 0.05) is 37.5 Å². The van der Waals surface area contributed by atoms with E-state index >= 15 is 14.4 Å². The lowest BCUT2D eigenvalue weighted by Crippen LogP contribution is -2.56. The van der Waals surface area contributed by atoms with Crippen molar-refractivity contribution in [2.24, 2.45) is 5.92 Å². The fraction of sp³-hybridized carbons (Fsp3) is 0.315. The molecule has 0 bridgehead atoms. The Morgan fingerprint density at radius 2 is 1.63 bits per heavy atom. The van der Waals surface area contributed by atoms with Crippen LogP contribution in [0.15, 0.2) is 139 Å². The van der Waals surface area contributed by atoms with Gasteiger partial charge in [-0.2, -0.15) is 0 Å². The number of anilines is 1. The highest BCUT2D eigenvalue weighted by Crippen LogP contribution is 2.66. The fourth-order valence-electron chi connectivity index (χ4n) is 10.3. The Bertz CT molecular complexity index is 2700. The number of allylic oxidation sites excluding steroid dienone is 2. The van der Waals surface area contributed by atoms with Gasteiger partial charge in [0.05, 0.1) is 36.9 Å². The zero-order valence-electron chi connectivity index (χ0n) is 37.2. The third-order valence-electron chi connectivity index (χ3n) is 13.0. The first-order chi connectivity index (χ1) is 32.8. The minimum Gasteiger partial charge on any atom is -0.491 e. The molecule has 0 unspecified atom stereocenters. The summed E-state index contributed by atoms with van der Waals surface area (Å²) in [5, 5.41) is 12.9. The van der Waals surface area contributed by atoms with Crippen molar-refractivity contribution < 1.29 is 43.2 Å². The predicted molar refractivity (Wildman–Crippen MR) is 249 cm³/mol. The van der Waals surface area contributed by atoms with Crippen LogP contribution in [0.3, 0.4) is 0 Å². The molecule has 5 aromatic rings. The Kier molecular flexibility index (Phi) is 13.6. The molecule has 4 aliphatic rings. The molecule has 4 aromatic carbocycles. The summed E-state index contributed by atoms with van der Waals surface area (Å²) in [6.45, 7) is -0.217. The number of carbonyl (C=O) groups excluding carboxylic acids is 4. The van der Waals surface area contributed by atoms with E-state index in [1.165, 1.54) is 7.11 Å². The van der Waals surface area contributed by atoms with E-state index in [1.54, 1.807) is 42.6 Å². The number of methoxy groups -OCH3 is 1. The standard InChI is InChI=1S/C54H52N4O9/c1-64-32-33-66-53(63)57-44-26-25-37(24-23-36-14-5-2-6-15-36)34-43(44)54(52(57)62)45(50(60)56-29-27-41-21-11-12-28-55-41)47-51(61)67-48(39-18-9-4-10-19-39)46(38-16-7-3-8-17-38)58(47)49(54)40-20-13-22-42(35-40)65-31-30-59/h3-4,7-14,16-22,25-26,28,34-35,45-49,59H,2,5-6,15,27,29-33H2,1H3,(H,56,60)/t45-,46-,47-,48+,49+,54-/m1/s1. The van der Waals surface area contributed by atoms with Crippen LogP contribution in [-0.4, -0.2) is 85.0 Å². The number of aromatic nitrogens is 1. The largest absolute Gasteiger partial charge is 0.491 e. The van der Waals surface area contributed by atoms with E-state index in [4.69, 9.17) is 18.9 Å². The number of nitrogens with zero attached hydrogens (tertiary/aromatic N) is 3. The number of nitrogens with one attached hydrogen (secondary N) is 1. The summed E-state index contributed by atoms with van der Waals surface area (Å²) in [5.41, 5.74) is 2.80. The number of hydrogen-bond acceptors (Lipinski definition) is 11. The first-order valence-corrected chi connectivity index (χ1v) is 22.8. The monoisotopic (exact) mass is 900 g/mol. The Labute approximate surface area is 389 Å². The van der Waals surface area contributed by atoms with Crippen LogP contribution in [0.25, 0.3) is 0 Å². The van der Waals surface area contributed by atoms with Crippen LogP contribution in [0.1, 0.15) is 77.4 Å². The van der Waals surface area contributed by atoms with Gasteiger partial charge < -0.3 is 29.4 Å². The Hall–Kier alpha value is -7.11. The van der Waals surface area contributed by atoms with E-state index in [-0.39, 0.29) is 38.7 Å². The van der Waals surface area contributed by atoms with Crippen LogP contribution < -0.4 is 15.0 Å². The molecule has 2 fully saturated rings. The molecule has 2 N–H and O–H groups in total. The van der Waals surface area contributed by atoms with Crippen molar-refractivity contribution in [2.75, 3.05) is 45.0 Å². The highest BCUT2D eigenvalue weighted by atomic mass is 16.6. The fourth-order valence-corrected chi connectivity index (χ4v) is 10.3. The van der Waals surface area contributed by atoms with Crippen molar-refractivity contribution in [1.29, 1.82) is 0 Å². The maximum absolute atomic E-state index is 16.4. The zero-order chi connectivity index (χ0) is 46.3. The van der Waals surface area contributed by atoms with Gasteiger partial charge in [0.15, 0.2) is 0 Å². The molecule has 1 aromatic heterocycles. The molecule has 0 saturated carbocycles. The highest BCUT2D eigenvalue weighted by molar-refractivity contribution is 6.23. The van der Waals surface area contributed by atoms with Crippen molar-refractivity contribution in [3.05, 3.63) is 173 Å². The van der Waals surface area contributed by atoms with Gasteiger partial charge in [-0.25, -0.2) is 9.69 Å². The highest BCUT2D eigenvalue weighted by Gasteiger charge is 2.75. The molecule has 3 aliphatic heterocycles. The Morgan fingerprint density at radius 3 is 2.36 bits per heavy atom. The van der Waals surface area contributed by atoms with Crippen LogP contribution in [-0.2, 0) is 40.4 Å². The molecule has 6 atom stereocenters. The lowest BCUT2D eigenvalue weighted by atomic mass is 9.65. The molecular formula is C54H52N4O9. The Morgan fingerprint density at radius 1 is 0.851 bits per heavy atom. The molecular weight excluding hydrogens is 849 g/mol. The molecule has 1 spiro atoms. The zero-order valence-corrected chi connectivity index (χ0v) is 37.2. The van der Waals surface area contributed by atoms with Gasteiger partial charge in [0.25, 0.3) is 0 Å². The summed E-state index contributed by atoms with van der Waals surface area (Å²) in [5.74, 6) is 3.50. The number of ether oxygens (including phenoxy) is 4. The molecule has 342 valence electrons. The number of esters is 1. The maximum atomic E-state index is 16.4. The van der Waals surface area contributed by atoms with Crippen LogP contribution >= 0.6 is 0 Å². The molecule has 2 saturated heterocycles. The average molecular weight is 901 g/mol. The van der Waals surface area contributed by atoms with Crippen LogP contribution in [0.4, 0.5) is 10.5 Å². The summed E-state index contributed by atoms with van der Waals surface area (Å²) in [4.78, 5) is 69.3. The van der Waals surface area contributed by atoms with Gasteiger partial charge in [0.2, 0.25) is 11.8 Å². The number of benzene rings is 4. The normalized spacial score (nSPS) is 23.0. The quantitative estimate of drug-likeness (QED) is 0.0706. The number of cyclic esters (lactones) is 1. The van der Waals surface area contributed by atoms with E-state index in [2.05, 4.69) is 28.2 Å². The second-order valence-corrected chi connectivity index (χ2v) is 17.0. The second kappa shape index (κ2) is 20.2. The van der Waals surface area contributed by atoms with Gasteiger partial charge >= 0.3 is 12.1 Å². The second-order valence-electron chi connectivity index (χ2n) is 17.0. The lowest BCUT2D eigenvalue weighted by Gasteiger charge is -2.46. The number of amides is 3. The molecule has 13 heteroatoms. The predicted octanol–water partition coefficient (Wildman–Crippen LogP) is 7.11. The van der Waals surface area contributed by atoms with Crippen molar-refractivity contribution in [3.8, 4) is 17.6 Å². The van der Waals surface area contributed by atoms with Crippen molar-refractivity contribution in [3.63, 3.8) is 0 Å². The van der Waals surface area contributed by atoms with E-state index in [9.17, 15) is 9.90 Å². The number of rotatable bonds is 13. The van der Waals surface area contributed by atoms with Crippen LogP contribution in [0.2, 0.25) is 0 Å². The smallest absolute Gasteiger partial charge is 0.421 e. The Balaban J connectivity index is 1.32. The number of imide groups is 1. The first kappa shape index (κ1) is 45.1. The molecule has 3 amide bonds. The molecule has 13 nitrogen and oxygen atoms in total. The topological polar surface area (TPSA) is 157 Å². The number of aliphatic hydroxyl groups is 1. The molecule has 9 rings (SSSR count). The molecule has 1 aliphatic carbocycles. The van der Waals surface area contributed by atoms with Crippen molar-refractivity contribution in [1.82, 2.24) is 15.2 Å². The molecule has 67 heavy (non-hydrogen) atoms. The van der Waals surface area contributed by atoms with Gasteiger partial charge in [-0.3, -0.25) is 24.3 Å². The summed E-state index contributed by atoms with van der Waals surface area (Å²) in [7, 11) is 1.48. The third-order valence-corrected chi connectivity index (χ3v) is 13.0. The first-order valence-electron chi connectivity index (χ1n) is 22.8. The number of pyridine rings is 1. The SMILES string of the molecule is COCCOC(=O)N1C(=O)[C@@]2(c3cc(C#CC4=CCCCC4)ccc31)[C@H](c1cccc(OCCO)c1)N1[C@H](c3ccccc3)[C@H](c3ccccc3)OC(=O)[C@H]1[C@@H]2C(=O)NCCc1ccccn1. The van der Waals surface area contributed by atoms with Gasteiger partial charge in [0.1, 0.15) is 36.5 Å². The van der Waals surface area contributed by atoms with E-state index < -0.39 is 59.4 Å². The summed E-state index contributed by atoms with van der Waals surface area (Å²) < 4.78 is 23.5. The minimum atomic E-state index is -2.01. The van der Waals surface area contributed by atoms with Crippen LogP contribution in [0.5, 0.6) is 5.75 Å². The summed E-state index contributed by atoms with van der Waals surface area (Å²) in [6.07, 6.45) is 6.22. The third kappa shape index (κ3) is 8.71. The van der Waals surface area contributed by atoms with Gasteiger partial charge in [-0.15, -0.1) is 0 Å². The van der Waals surface area contributed by atoms with Gasteiger partial charge in [-0.05, 0) is 96.0 Å². The summed E-state index contributed by atoms with van der Waals surface area (Å²) >= 11 is 0. The number of carbonyl (C=O) groups is 4. The summed E-state index contributed by atoms with van der Waals surface area (Å²) in [6, 6.07) is 33.5. The van der Waals surface area contributed by atoms with E-state index in [0.717, 1.165) is 47.4 Å². The van der Waals surface area contributed by atoms with Crippen LogP contribution in [0, 0.1) is 17.8 Å². The lowest BCUT2D eigenvalue weighted by molar-refractivity contribution is -0.178.